The molecule has 6 heteroatoms. The van der Waals surface area contributed by atoms with Crippen molar-refractivity contribution in [2.75, 3.05) is 7.05 Å². The third kappa shape index (κ3) is 3.82. The van der Waals surface area contributed by atoms with Crippen LogP contribution in [0.15, 0.2) is 40.8 Å². The molecule has 1 heterocycles. The molecule has 1 aromatic heterocycles. The highest BCUT2D eigenvalue weighted by Crippen LogP contribution is 2.47. The fraction of sp³-hybridized carbons (Fsp3) is 0.412. The molecule has 3 rings (SSSR count). The molecule has 1 aromatic carbocycles. The molecule has 0 bridgehead atoms. The third-order valence-electron chi connectivity index (χ3n) is 4.27. The number of rotatable bonds is 6. The second kappa shape index (κ2) is 6.09. The zero-order valence-corrected chi connectivity index (χ0v) is 14.0. The molecule has 124 valence electrons. The summed E-state index contributed by atoms with van der Waals surface area (Å²) < 4.78 is 44.7. The normalized spacial score (nSPS) is 20.9. The summed E-state index contributed by atoms with van der Waals surface area (Å²) in [6, 6.07) is 9.27. The van der Waals surface area contributed by atoms with Crippen molar-refractivity contribution in [1.29, 1.82) is 0 Å². The smallest absolute Gasteiger partial charge is 0.218 e. The Kier molecular flexibility index (Phi) is 4.29. The minimum Gasteiger partial charge on any atom is -0.464 e. The second-order valence-electron chi connectivity index (χ2n) is 6.26. The lowest BCUT2D eigenvalue weighted by molar-refractivity contribution is 0.389. The number of halogens is 1. The van der Waals surface area contributed by atoms with Gasteiger partial charge in [0.25, 0.3) is 0 Å². The zero-order chi connectivity index (χ0) is 16.6. The average Bonchev–Trinajstić information content (AvgIpc) is 3.04. The number of hydrogen-bond donors (Lipinski definition) is 0. The van der Waals surface area contributed by atoms with E-state index in [1.54, 1.807) is 0 Å². The SMILES string of the molecule is CC1CC1c1ccc(CN(C)S(=O)(=O)Cc2ccc(F)cc2)o1. The molecular weight excluding hydrogens is 317 g/mol. The van der Waals surface area contributed by atoms with Crippen LogP contribution in [0.5, 0.6) is 0 Å². The van der Waals surface area contributed by atoms with Gasteiger partial charge >= 0.3 is 0 Å². The summed E-state index contributed by atoms with van der Waals surface area (Å²) in [4.78, 5) is 0. The summed E-state index contributed by atoms with van der Waals surface area (Å²) in [5, 5.41) is 0. The van der Waals surface area contributed by atoms with Crippen molar-refractivity contribution < 1.29 is 17.2 Å². The highest BCUT2D eigenvalue weighted by molar-refractivity contribution is 7.88. The lowest BCUT2D eigenvalue weighted by atomic mass is 10.2. The van der Waals surface area contributed by atoms with Gasteiger partial charge in [0.15, 0.2) is 0 Å². The first-order valence-electron chi connectivity index (χ1n) is 7.62. The van der Waals surface area contributed by atoms with E-state index in [1.807, 2.05) is 12.1 Å². The molecule has 4 nitrogen and oxygen atoms in total. The first-order valence-corrected chi connectivity index (χ1v) is 9.23. The molecule has 23 heavy (non-hydrogen) atoms. The maximum atomic E-state index is 12.9. The van der Waals surface area contributed by atoms with Gasteiger partial charge in [-0.2, -0.15) is 4.31 Å². The highest BCUT2D eigenvalue weighted by atomic mass is 32.2. The zero-order valence-electron chi connectivity index (χ0n) is 13.2. The second-order valence-corrected chi connectivity index (χ2v) is 8.34. The van der Waals surface area contributed by atoms with Crippen molar-refractivity contribution in [3.05, 3.63) is 59.3 Å². The average molecular weight is 337 g/mol. The summed E-state index contributed by atoms with van der Waals surface area (Å²) >= 11 is 0. The van der Waals surface area contributed by atoms with Gasteiger partial charge in [0.1, 0.15) is 17.3 Å². The molecule has 0 saturated heterocycles. The van der Waals surface area contributed by atoms with Crippen LogP contribution in [0.1, 0.15) is 36.3 Å². The third-order valence-corrected chi connectivity index (χ3v) is 6.05. The van der Waals surface area contributed by atoms with Crippen molar-refractivity contribution in [3.8, 4) is 0 Å². The minimum absolute atomic E-state index is 0.156. The predicted molar refractivity (Wildman–Crippen MR) is 85.7 cm³/mol. The van der Waals surface area contributed by atoms with E-state index in [0.717, 1.165) is 12.2 Å². The van der Waals surface area contributed by atoms with Crippen LogP contribution in [0.25, 0.3) is 0 Å². The van der Waals surface area contributed by atoms with Crippen LogP contribution in [-0.4, -0.2) is 19.8 Å². The van der Waals surface area contributed by atoms with Crippen LogP contribution in [0.2, 0.25) is 0 Å². The molecule has 2 unspecified atom stereocenters. The molecule has 1 fully saturated rings. The van der Waals surface area contributed by atoms with Gasteiger partial charge in [0, 0.05) is 13.0 Å². The van der Waals surface area contributed by atoms with Gasteiger partial charge in [-0.25, -0.2) is 12.8 Å². The van der Waals surface area contributed by atoms with E-state index in [4.69, 9.17) is 4.42 Å². The Morgan fingerprint density at radius 1 is 1.22 bits per heavy atom. The van der Waals surface area contributed by atoms with E-state index < -0.39 is 10.0 Å². The maximum Gasteiger partial charge on any atom is 0.218 e. The molecule has 0 amide bonds. The van der Waals surface area contributed by atoms with Crippen LogP contribution in [-0.2, 0) is 22.3 Å². The van der Waals surface area contributed by atoms with Gasteiger partial charge in [0.2, 0.25) is 10.0 Å². The first-order chi connectivity index (χ1) is 10.8. The largest absolute Gasteiger partial charge is 0.464 e. The van der Waals surface area contributed by atoms with E-state index >= 15 is 0 Å². The quantitative estimate of drug-likeness (QED) is 0.810. The Hall–Kier alpha value is -1.66. The predicted octanol–water partition coefficient (Wildman–Crippen LogP) is 3.50. The Labute approximate surface area is 136 Å². The van der Waals surface area contributed by atoms with Gasteiger partial charge in [-0.3, -0.25) is 0 Å². The molecule has 0 radical (unpaired) electrons. The van der Waals surface area contributed by atoms with Gasteiger partial charge in [0.05, 0.1) is 12.3 Å². The topological polar surface area (TPSA) is 50.5 Å². The van der Waals surface area contributed by atoms with Crippen molar-refractivity contribution in [2.24, 2.45) is 5.92 Å². The standard InChI is InChI=1S/C17H20FNO3S/c1-12-9-16(12)17-8-7-15(22-17)10-19(2)23(20,21)11-13-3-5-14(18)6-4-13/h3-8,12,16H,9-11H2,1-2H3. The van der Waals surface area contributed by atoms with Crippen molar-refractivity contribution in [2.45, 2.75) is 31.6 Å². The monoisotopic (exact) mass is 337 g/mol. The molecule has 0 spiro atoms. The van der Waals surface area contributed by atoms with Gasteiger partial charge < -0.3 is 4.42 Å². The van der Waals surface area contributed by atoms with Crippen LogP contribution >= 0.6 is 0 Å². The number of hydrogen-bond acceptors (Lipinski definition) is 3. The van der Waals surface area contributed by atoms with Gasteiger partial charge in [-0.1, -0.05) is 19.1 Å². The Morgan fingerprint density at radius 2 is 1.87 bits per heavy atom. The molecule has 1 aliphatic carbocycles. The maximum absolute atomic E-state index is 12.9. The Balaban J connectivity index is 1.65. The van der Waals surface area contributed by atoms with E-state index in [0.29, 0.717) is 23.2 Å². The van der Waals surface area contributed by atoms with Crippen LogP contribution in [0, 0.1) is 11.7 Å². The van der Waals surface area contributed by atoms with E-state index in [9.17, 15) is 12.8 Å². The number of benzene rings is 1. The van der Waals surface area contributed by atoms with E-state index in [1.165, 1.54) is 35.6 Å². The summed E-state index contributed by atoms with van der Waals surface area (Å²) in [5.74, 6) is 2.17. The molecule has 1 aliphatic rings. The van der Waals surface area contributed by atoms with Gasteiger partial charge in [-0.15, -0.1) is 0 Å². The van der Waals surface area contributed by atoms with Crippen LogP contribution in [0.4, 0.5) is 4.39 Å². The van der Waals surface area contributed by atoms with Crippen LogP contribution < -0.4 is 0 Å². The fourth-order valence-electron chi connectivity index (χ4n) is 2.62. The van der Waals surface area contributed by atoms with Crippen molar-refractivity contribution in [3.63, 3.8) is 0 Å². The van der Waals surface area contributed by atoms with E-state index in [2.05, 4.69) is 6.92 Å². The number of furan rings is 1. The summed E-state index contributed by atoms with van der Waals surface area (Å²) in [5.41, 5.74) is 0.560. The summed E-state index contributed by atoms with van der Waals surface area (Å²) in [6.45, 7) is 2.37. The van der Waals surface area contributed by atoms with Crippen LogP contribution in [0.3, 0.4) is 0 Å². The molecule has 2 atom stereocenters. The Bertz CT molecular complexity index is 782. The molecule has 0 aliphatic heterocycles. The molecule has 0 N–H and O–H groups in total. The molecular formula is C17H20FNO3S. The lowest BCUT2D eigenvalue weighted by Crippen LogP contribution is -2.27. The summed E-state index contributed by atoms with van der Waals surface area (Å²) in [6.07, 6.45) is 1.13. The Morgan fingerprint density at radius 3 is 2.48 bits per heavy atom. The number of sulfonamides is 1. The minimum atomic E-state index is -3.48. The number of nitrogens with zero attached hydrogens (tertiary/aromatic N) is 1. The fourth-order valence-corrected chi connectivity index (χ4v) is 3.77. The lowest BCUT2D eigenvalue weighted by Gasteiger charge is -2.16. The van der Waals surface area contributed by atoms with Crippen molar-refractivity contribution >= 4 is 10.0 Å². The molecule has 1 saturated carbocycles. The van der Waals surface area contributed by atoms with E-state index in [-0.39, 0.29) is 18.1 Å². The van der Waals surface area contributed by atoms with Gasteiger partial charge in [-0.05, 0) is 42.2 Å². The molecule has 2 aromatic rings. The highest BCUT2D eigenvalue weighted by Gasteiger charge is 2.36. The first kappa shape index (κ1) is 16.2. The summed E-state index contributed by atoms with van der Waals surface area (Å²) in [7, 11) is -1.95. The van der Waals surface area contributed by atoms with Crippen molar-refractivity contribution in [1.82, 2.24) is 4.31 Å².